The highest BCUT2D eigenvalue weighted by Crippen LogP contribution is 2.52. The molecule has 0 saturated carbocycles. The molecule has 13 aromatic rings. The van der Waals surface area contributed by atoms with Gasteiger partial charge in [-0.05, 0) is 53.6 Å². The minimum absolute atomic E-state index is 0.525. The van der Waals surface area contributed by atoms with Crippen LogP contribution in [-0.2, 0) is 0 Å². The van der Waals surface area contributed by atoms with E-state index in [0.717, 1.165) is 71.4 Å². The molecule has 14 rings (SSSR count). The standard InChI is InChI=1S/C52H28N4O2/c1-2-18-33-29(14-1)30-15-3-8-23-39(30)55-40-24-9-4-16-31(40)38-28-42-45(46(33)49(38)55)35-19-5-10-25-41(35)56(42)52-53-48(47-36-20-7-12-27-44(36)58-51(47)54-52)37-22-13-21-34-32-17-6-11-26-43(32)57-50(34)37/h1-28H. The summed E-state index contributed by atoms with van der Waals surface area (Å²) in [6, 6.07) is 60.0. The molecule has 6 nitrogen and oxygen atoms in total. The SMILES string of the molecule is c1ccc2c(c1)-c1ccccc1-n1c3ccccc3c3cc4c(c-2c31)c1ccccc1n4-c1nc(-c2cccc3c2oc2ccccc23)c2c(n1)oc1ccccc12. The Bertz CT molecular complexity index is 3930. The number of rotatable bonds is 2. The van der Waals surface area contributed by atoms with Crippen molar-refractivity contribution in [3.05, 3.63) is 170 Å². The average molecular weight is 741 g/mol. The van der Waals surface area contributed by atoms with Crippen LogP contribution >= 0.6 is 0 Å². The molecule has 0 amide bonds. The maximum absolute atomic E-state index is 6.65. The third-order valence-corrected chi connectivity index (χ3v) is 12.3. The highest BCUT2D eigenvalue weighted by molar-refractivity contribution is 6.28. The fourth-order valence-electron chi connectivity index (χ4n) is 9.97. The highest BCUT2D eigenvalue weighted by atomic mass is 16.3. The van der Waals surface area contributed by atoms with Gasteiger partial charge >= 0.3 is 0 Å². The van der Waals surface area contributed by atoms with Crippen LogP contribution in [0.25, 0.3) is 133 Å². The van der Waals surface area contributed by atoms with E-state index in [-0.39, 0.29) is 0 Å². The van der Waals surface area contributed by atoms with Crippen molar-refractivity contribution in [3.63, 3.8) is 0 Å². The van der Waals surface area contributed by atoms with Crippen molar-refractivity contribution in [2.45, 2.75) is 0 Å². The van der Waals surface area contributed by atoms with Crippen LogP contribution in [-0.4, -0.2) is 19.1 Å². The van der Waals surface area contributed by atoms with Crippen LogP contribution in [0.2, 0.25) is 0 Å². The van der Waals surface area contributed by atoms with E-state index in [4.69, 9.17) is 18.8 Å². The van der Waals surface area contributed by atoms with E-state index >= 15 is 0 Å². The molecule has 5 aromatic heterocycles. The monoisotopic (exact) mass is 740 g/mol. The van der Waals surface area contributed by atoms with Gasteiger partial charge in [-0.3, -0.25) is 4.57 Å². The van der Waals surface area contributed by atoms with Crippen LogP contribution in [0.15, 0.2) is 179 Å². The second-order valence-corrected chi connectivity index (χ2v) is 15.2. The van der Waals surface area contributed by atoms with E-state index < -0.39 is 0 Å². The van der Waals surface area contributed by atoms with Crippen LogP contribution in [0.4, 0.5) is 0 Å². The Balaban J connectivity index is 1.18. The Morgan fingerprint density at radius 2 is 1.02 bits per heavy atom. The van der Waals surface area contributed by atoms with Crippen molar-refractivity contribution >= 4 is 87.6 Å². The van der Waals surface area contributed by atoms with E-state index in [9.17, 15) is 0 Å². The zero-order valence-electron chi connectivity index (χ0n) is 30.8. The summed E-state index contributed by atoms with van der Waals surface area (Å²) in [5.41, 5.74) is 14.9. The van der Waals surface area contributed by atoms with Crippen LogP contribution in [0.5, 0.6) is 0 Å². The van der Waals surface area contributed by atoms with Gasteiger partial charge in [-0.2, -0.15) is 4.98 Å². The van der Waals surface area contributed by atoms with Gasteiger partial charge in [-0.1, -0.05) is 127 Å². The molecule has 1 aliphatic heterocycles. The lowest BCUT2D eigenvalue weighted by Gasteiger charge is -2.12. The molecule has 0 spiro atoms. The molecular weight excluding hydrogens is 713 g/mol. The van der Waals surface area contributed by atoms with Crippen molar-refractivity contribution in [2.24, 2.45) is 0 Å². The normalized spacial score (nSPS) is 12.5. The molecule has 0 N–H and O–H groups in total. The summed E-state index contributed by atoms with van der Waals surface area (Å²) in [5.74, 6) is 0.529. The molecule has 58 heavy (non-hydrogen) atoms. The Morgan fingerprint density at radius 1 is 0.397 bits per heavy atom. The lowest BCUT2D eigenvalue weighted by atomic mass is 9.91. The van der Waals surface area contributed by atoms with E-state index in [0.29, 0.717) is 11.7 Å². The third-order valence-electron chi connectivity index (χ3n) is 12.3. The van der Waals surface area contributed by atoms with Gasteiger partial charge in [0.15, 0.2) is 0 Å². The summed E-state index contributed by atoms with van der Waals surface area (Å²) in [4.78, 5) is 10.9. The van der Waals surface area contributed by atoms with Gasteiger partial charge in [0, 0.05) is 54.4 Å². The molecule has 6 heteroatoms. The Morgan fingerprint density at radius 3 is 1.86 bits per heavy atom. The maximum atomic E-state index is 6.65. The lowest BCUT2D eigenvalue weighted by molar-refractivity contribution is 0.651. The van der Waals surface area contributed by atoms with Gasteiger partial charge in [-0.25, -0.2) is 4.98 Å². The van der Waals surface area contributed by atoms with Crippen LogP contribution < -0.4 is 0 Å². The predicted molar refractivity (Wildman–Crippen MR) is 235 cm³/mol. The predicted octanol–water partition coefficient (Wildman–Crippen LogP) is 13.8. The van der Waals surface area contributed by atoms with Crippen LogP contribution in [0.3, 0.4) is 0 Å². The topological polar surface area (TPSA) is 61.9 Å². The first-order chi connectivity index (χ1) is 28.8. The largest absolute Gasteiger partial charge is 0.455 e. The van der Waals surface area contributed by atoms with Gasteiger partial charge in [-0.15, -0.1) is 0 Å². The summed E-state index contributed by atoms with van der Waals surface area (Å²) in [6.45, 7) is 0. The second-order valence-electron chi connectivity index (χ2n) is 15.2. The van der Waals surface area contributed by atoms with Gasteiger partial charge in [0.25, 0.3) is 0 Å². The number of para-hydroxylation sites is 6. The van der Waals surface area contributed by atoms with E-state index in [1.807, 2.05) is 30.3 Å². The summed E-state index contributed by atoms with van der Waals surface area (Å²) < 4.78 is 18.0. The second kappa shape index (κ2) is 10.9. The molecule has 0 unspecified atom stereocenters. The first-order valence-electron chi connectivity index (χ1n) is 19.6. The van der Waals surface area contributed by atoms with Gasteiger partial charge in [0.05, 0.1) is 38.8 Å². The van der Waals surface area contributed by atoms with Crippen molar-refractivity contribution in [1.82, 2.24) is 19.1 Å². The number of hydrogen-bond acceptors (Lipinski definition) is 4. The van der Waals surface area contributed by atoms with Gasteiger partial charge in [0.2, 0.25) is 11.7 Å². The fraction of sp³-hybridized carbons (Fsp3) is 0. The highest BCUT2D eigenvalue weighted by Gasteiger charge is 2.30. The molecule has 0 fully saturated rings. The van der Waals surface area contributed by atoms with Crippen molar-refractivity contribution in [2.75, 3.05) is 0 Å². The van der Waals surface area contributed by atoms with Crippen molar-refractivity contribution in [1.29, 1.82) is 0 Å². The zero-order valence-corrected chi connectivity index (χ0v) is 30.8. The Labute approximate surface area is 329 Å². The smallest absolute Gasteiger partial charge is 0.238 e. The van der Waals surface area contributed by atoms with E-state index in [2.05, 4.69) is 149 Å². The third kappa shape index (κ3) is 3.76. The molecule has 0 radical (unpaired) electrons. The molecule has 6 heterocycles. The number of fused-ring (bicyclic) bond motifs is 18. The fourth-order valence-corrected chi connectivity index (χ4v) is 9.97. The minimum atomic E-state index is 0.525. The maximum Gasteiger partial charge on any atom is 0.238 e. The number of benzene rings is 8. The Hall–Kier alpha value is -7.96. The molecule has 1 aliphatic rings. The molecule has 8 aromatic carbocycles. The van der Waals surface area contributed by atoms with Gasteiger partial charge < -0.3 is 13.4 Å². The summed E-state index contributed by atoms with van der Waals surface area (Å²) >= 11 is 0. The number of nitrogens with zero attached hydrogens (tertiary/aromatic N) is 4. The molecule has 0 aliphatic carbocycles. The number of aromatic nitrogens is 4. The summed E-state index contributed by atoms with van der Waals surface area (Å²) in [7, 11) is 0. The zero-order chi connectivity index (χ0) is 37.6. The van der Waals surface area contributed by atoms with Gasteiger partial charge in [0.1, 0.15) is 16.7 Å². The summed E-state index contributed by atoms with van der Waals surface area (Å²) in [6.07, 6.45) is 0. The quantitative estimate of drug-likeness (QED) is 0.177. The molecule has 0 bridgehead atoms. The Kier molecular flexibility index (Phi) is 5.68. The van der Waals surface area contributed by atoms with Crippen molar-refractivity contribution < 1.29 is 8.83 Å². The number of hydrogen-bond donors (Lipinski definition) is 0. The van der Waals surface area contributed by atoms with E-state index in [1.54, 1.807) is 0 Å². The lowest BCUT2D eigenvalue weighted by Crippen LogP contribution is -2.03. The van der Waals surface area contributed by atoms with Crippen LogP contribution in [0.1, 0.15) is 0 Å². The molecule has 268 valence electrons. The number of furan rings is 2. The molecule has 0 atom stereocenters. The molecular formula is C52H28N4O2. The first-order valence-corrected chi connectivity index (χ1v) is 19.6. The minimum Gasteiger partial charge on any atom is -0.455 e. The van der Waals surface area contributed by atoms with Crippen molar-refractivity contribution in [3.8, 4) is 45.1 Å². The summed E-state index contributed by atoms with van der Waals surface area (Å²) in [5, 5.41) is 8.57. The van der Waals surface area contributed by atoms with E-state index in [1.165, 1.54) is 49.7 Å². The first kappa shape index (κ1) is 30.3. The molecule has 0 saturated heterocycles. The van der Waals surface area contributed by atoms with Crippen LogP contribution in [0, 0.1) is 0 Å². The average Bonchev–Trinajstić information content (AvgIpc) is 4.01.